The molecule has 3 aromatic rings. The lowest BCUT2D eigenvalue weighted by molar-refractivity contribution is -0.121. The van der Waals surface area contributed by atoms with Gasteiger partial charge in [0.1, 0.15) is 12.4 Å². The first-order chi connectivity index (χ1) is 16.4. The van der Waals surface area contributed by atoms with Gasteiger partial charge in [0.2, 0.25) is 11.8 Å². The summed E-state index contributed by atoms with van der Waals surface area (Å²) in [5.74, 6) is 0.312. The van der Waals surface area contributed by atoms with Crippen LogP contribution in [0.4, 0.5) is 11.4 Å². The maximum Gasteiger partial charge on any atom is 0.326 e. The number of carbonyl (C=O) groups excluding carboxylic acids is 2. The zero-order valence-corrected chi connectivity index (χ0v) is 19.6. The third kappa shape index (κ3) is 4.84. The predicted molar refractivity (Wildman–Crippen MR) is 130 cm³/mol. The number of hydrogen-bond acceptors (Lipinski definition) is 5. The Bertz CT molecular complexity index is 1250. The van der Waals surface area contributed by atoms with Crippen molar-refractivity contribution >= 4 is 34.2 Å². The minimum atomic E-state index is -0.290. The van der Waals surface area contributed by atoms with Gasteiger partial charge in [-0.3, -0.25) is 14.2 Å². The normalized spacial score (nSPS) is 18.0. The Hall–Kier alpha value is -3.59. The highest BCUT2D eigenvalue weighted by Crippen LogP contribution is 2.35. The Morgan fingerprint density at radius 3 is 2.56 bits per heavy atom. The number of methoxy groups -OCH3 is 2. The summed E-state index contributed by atoms with van der Waals surface area (Å²) >= 11 is 0. The fraction of sp³-hybridized carbons (Fsp3) is 0.400. The molecule has 2 amide bonds. The molecule has 9 heteroatoms. The molecule has 1 aliphatic rings. The third-order valence-electron chi connectivity index (χ3n) is 6.41. The summed E-state index contributed by atoms with van der Waals surface area (Å²) in [4.78, 5) is 40.5. The van der Waals surface area contributed by atoms with Gasteiger partial charge in [-0.15, -0.1) is 0 Å². The van der Waals surface area contributed by atoms with Crippen LogP contribution >= 0.6 is 0 Å². The summed E-state index contributed by atoms with van der Waals surface area (Å²) in [6.45, 7) is 1.89. The van der Waals surface area contributed by atoms with Gasteiger partial charge >= 0.3 is 5.69 Å². The molecule has 0 aliphatic heterocycles. The second-order valence-corrected chi connectivity index (χ2v) is 8.66. The number of ether oxygens (including phenoxy) is 2. The first-order valence-electron chi connectivity index (χ1n) is 11.4. The molecule has 2 aromatic carbocycles. The molecule has 0 unspecified atom stereocenters. The molecule has 1 heterocycles. The van der Waals surface area contributed by atoms with Crippen LogP contribution in [-0.4, -0.2) is 42.2 Å². The number of aromatic nitrogens is 2. The van der Waals surface area contributed by atoms with Crippen LogP contribution in [0.3, 0.4) is 0 Å². The van der Waals surface area contributed by atoms with E-state index in [-0.39, 0.29) is 36.1 Å². The Kier molecular flexibility index (Phi) is 7.02. The number of benzene rings is 2. The van der Waals surface area contributed by atoms with Crippen molar-refractivity contribution in [1.82, 2.24) is 9.55 Å². The molecule has 34 heavy (non-hydrogen) atoms. The number of amides is 2. The monoisotopic (exact) mass is 466 g/mol. The first kappa shape index (κ1) is 23.6. The van der Waals surface area contributed by atoms with Gasteiger partial charge in [-0.2, -0.15) is 0 Å². The van der Waals surface area contributed by atoms with Crippen molar-refractivity contribution in [2.75, 3.05) is 31.5 Å². The number of imidazole rings is 1. The van der Waals surface area contributed by atoms with E-state index in [4.69, 9.17) is 9.47 Å². The van der Waals surface area contributed by atoms with Gasteiger partial charge in [-0.1, -0.05) is 12.1 Å². The van der Waals surface area contributed by atoms with Crippen molar-refractivity contribution in [3.05, 3.63) is 52.4 Å². The Morgan fingerprint density at radius 1 is 1.09 bits per heavy atom. The van der Waals surface area contributed by atoms with Crippen LogP contribution in [-0.2, 0) is 14.3 Å². The van der Waals surface area contributed by atoms with Gasteiger partial charge in [0.15, 0.2) is 0 Å². The molecule has 1 aromatic heterocycles. The molecule has 1 fully saturated rings. The molecule has 0 spiro atoms. The molecule has 0 radical (unpaired) electrons. The van der Waals surface area contributed by atoms with Crippen molar-refractivity contribution in [2.45, 2.75) is 38.6 Å². The van der Waals surface area contributed by atoms with Crippen molar-refractivity contribution in [1.29, 1.82) is 0 Å². The van der Waals surface area contributed by atoms with Gasteiger partial charge in [0, 0.05) is 30.8 Å². The van der Waals surface area contributed by atoms with E-state index in [1.807, 2.05) is 37.3 Å². The quantitative estimate of drug-likeness (QED) is 0.492. The van der Waals surface area contributed by atoms with E-state index < -0.39 is 0 Å². The summed E-state index contributed by atoms with van der Waals surface area (Å²) in [6, 6.07) is 11.0. The van der Waals surface area contributed by atoms with Crippen LogP contribution in [0.1, 0.15) is 37.3 Å². The fourth-order valence-corrected chi connectivity index (χ4v) is 4.67. The highest BCUT2D eigenvalue weighted by Gasteiger charge is 2.29. The molecular weight excluding hydrogens is 436 g/mol. The predicted octanol–water partition coefficient (Wildman–Crippen LogP) is 3.60. The average molecular weight is 467 g/mol. The highest BCUT2D eigenvalue weighted by atomic mass is 16.5. The SMILES string of the molecule is COCC(=O)Nc1cccc2c1[nH]c(=O)n2C1CCC(C(=O)Nc2ccc(C)c(OC)c2)CC1. The number of carbonyl (C=O) groups is 2. The van der Waals surface area contributed by atoms with E-state index in [1.54, 1.807) is 17.7 Å². The summed E-state index contributed by atoms with van der Waals surface area (Å²) in [6.07, 6.45) is 2.79. The maximum atomic E-state index is 12.8. The standard InChI is InChI=1S/C25H30N4O5/c1-15-7-10-17(13-21(15)34-3)26-24(31)16-8-11-18(12-9-16)29-20-6-4-5-19(23(20)28-25(29)32)27-22(30)14-33-2/h4-7,10,13,16,18H,8-9,11-12,14H2,1-3H3,(H,26,31)(H,27,30)(H,28,32). The average Bonchev–Trinajstić information content (AvgIpc) is 3.17. The Labute approximate surface area is 197 Å². The summed E-state index contributed by atoms with van der Waals surface area (Å²) in [7, 11) is 3.06. The van der Waals surface area contributed by atoms with Crippen LogP contribution in [0.5, 0.6) is 5.75 Å². The molecule has 0 bridgehead atoms. The largest absolute Gasteiger partial charge is 0.496 e. The number of nitrogens with one attached hydrogen (secondary N) is 3. The number of nitrogens with zero attached hydrogens (tertiary/aromatic N) is 1. The number of fused-ring (bicyclic) bond motifs is 1. The third-order valence-corrected chi connectivity index (χ3v) is 6.41. The van der Waals surface area contributed by atoms with Crippen LogP contribution in [0.25, 0.3) is 11.0 Å². The smallest absolute Gasteiger partial charge is 0.326 e. The van der Waals surface area contributed by atoms with Crippen molar-refractivity contribution < 1.29 is 19.1 Å². The van der Waals surface area contributed by atoms with E-state index in [0.29, 0.717) is 42.6 Å². The number of aryl methyl sites for hydroxylation is 1. The molecule has 1 aliphatic carbocycles. The second-order valence-electron chi connectivity index (χ2n) is 8.66. The molecular formula is C25H30N4O5. The van der Waals surface area contributed by atoms with Gasteiger partial charge in [0.25, 0.3) is 0 Å². The lowest BCUT2D eigenvalue weighted by Gasteiger charge is -2.28. The number of H-pyrrole nitrogens is 1. The first-order valence-corrected chi connectivity index (χ1v) is 11.4. The maximum absolute atomic E-state index is 12.8. The number of rotatable bonds is 7. The van der Waals surface area contributed by atoms with Gasteiger partial charge in [0.05, 0.1) is 23.8 Å². The molecule has 3 N–H and O–H groups in total. The van der Waals surface area contributed by atoms with Crippen LogP contribution in [0, 0.1) is 12.8 Å². The Balaban J connectivity index is 1.45. The highest BCUT2D eigenvalue weighted by molar-refractivity contribution is 6.00. The lowest BCUT2D eigenvalue weighted by atomic mass is 9.85. The number of para-hydroxylation sites is 1. The van der Waals surface area contributed by atoms with Gasteiger partial charge < -0.3 is 25.1 Å². The van der Waals surface area contributed by atoms with Crippen LogP contribution in [0.2, 0.25) is 0 Å². The lowest BCUT2D eigenvalue weighted by Crippen LogP contribution is -2.31. The van der Waals surface area contributed by atoms with Crippen LogP contribution in [0.15, 0.2) is 41.2 Å². The van der Waals surface area contributed by atoms with E-state index in [1.165, 1.54) is 7.11 Å². The zero-order chi connectivity index (χ0) is 24.2. The zero-order valence-electron chi connectivity index (χ0n) is 19.6. The van der Waals surface area contributed by atoms with E-state index in [9.17, 15) is 14.4 Å². The Morgan fingerprint density at radius 2 is 1.85 bits per heavy atom. The summed E-state index contributed by atoms with van der Waals surface area (Å²) < 4.78 is 12.0. The molecule has 0 saturated heterocycles. The molecule has 1 saturated carbocycles. The number of aromatic amines is 1. The van der Waals surface area contributed by atoms with Crippen molar-refractivity contribution in [3.63, 3.8) is 0 Å². The van der Waals surface area contributed by atoms with Gasteiger partial charge in [-0.25, -0.2) is 4.79 Å². The fourth-order valence-electron chi connectivity index (χ4n) is 4.67. The minimum absolute atomic E-state index is 0.0150. The molecule has 0 atom stereocenters. The molecule has 4 rings (SSSR count). The van der Waals surface area contributed by atoms with Crippen molar-refractivity contribution in [2.24, 2.45) is 5.92 Å². The van der Waals surface area contributed by atoms with E-state index >= 15 is 0 Å². The van der Waals surface area contributed by atoms with Gasteiger partial charge in [-0.05, 0) is 56.4 Å². The van der Waals surface area contributed by atoms with E-state index in [2.05, 4.69) is 15.6 Å². The van der Waals surface area contributed by atoms with Crippen LogP contribution < -0.4 is 21.1 Å². The summed E-state index contributed by atoms with van der Waals surface area (Å²) in [5, 5.41) is 5.77. The molecule has 180 valence electrons. The number of hydrogen-bond donors (Lipinski definition) is 3. The van der Waals surface area contributed by atoms with E-state index in [0.717, 1.165) is 16.8 Å². The summed E-state index contributed by atoms with van der Waals surface area (Å²) in [5.41, 5.74) is 3.36. The second kappa shape index (κ2) is 10.1. The van der Waals surface area contributed by atoms with Crippen molar-refractivity contribution in [3.8, 4) is 5.75 Å². The molecule has 9 nitrogen and oxygen atoms in total. The minimum Gasteiger partial charge on any atom is -0.496 e. The topological polar surface area (TPSA) is 114 Å². The number of anilines is 2.